The summed E-state index contributed by atoms with van der Waals surface area (Å²) < 4.78 is 33.0. The highest BCUT2D eigenvalue weighted by molar-refractivity contribution is 9.10. The summed E-state index contributed by atoms with van der Waals surface area (Å²) in [6, 6.07) is 7.77. The molecule has 0 fully saturated rings. The molecule has 112 valence electrons. The van der Waals surface area contributed by atoms with Crippen molar-refractivity contribution in [3.8, 4) is 11.8 Å². The van der Waals surface area contributed by atoms with Crippen LogP contribution in [-0.4, -0.2) is 26.6 Å². The summed E-state index contributed by atoms with van der Waals surface area (Å²) in [5, 5.41) is 8.80. The fourth-order valence-electron chi connectivity index (χ4n) is 2.16. The number of pyridine rings is 1. The minimum Gasteiger partial charge on any atom is -0.488 e. The fraction of sp³-hybridized carbons (Fsp3) is 0.143. The van der Waals surface area contributed by atoms with Crippen LogP contribution in [0.2, 0.25) is 0 Å². The predicted molar refractivity (Wildman–Crippen MR) is 83.1 cm³/mol. The lowest BCUT2D eigenvalue weighted by atomic mass is 10.2. The Morgan fingerprint density at radius 2 is 2.00 bits per heavy atom. The number of nitriles is 1. The summed E-state index contributed by atoms with van der Waals surface area (Å²) in [7, 11) is -3.73. The molecule has 0 aliphatic carbocycles. The summed E-state index contributed by atoms with van der Waals surface area (Å²) in [5.74, 6) is 0.457. The first-order chi connectivity index (χ1) is 10.5. The summed E-state index contributed by atoms with van der Waals surface area (Å²) in [5.41, 5.74) is 0.802. The van der Waals surface area contributed by atoms with Gasteiger partial charge in [-0.25, -0.2) is 8.42 Å². The monoisotopic (exact) mass is 379 g/mol. The zero-order valence-corrected chi connectivity index (χ0v) is 13.6. The van der Waals surface area contributed by atoms with Crippen molar-refractivity contribution in [2.75, 3.05) is 17.5 Å². The minimum absolute atomic E-state index is 0.124. The van der Waals surface area contributed by atoms with Gasteiger partial charge >= 0.3 is 0 Å². The second-order valence-corrected chi connectivity index (χ2v) is 7.25. The molecule has 6 nitrogen and oxygen atoms in total. The van der Waals surface area contributed by atoms with E-state index in [0.717, 1.165) is 0 Å². The van der Waals surface area contributed by atoms with Crippen LogP contribution in [0.4, 0.5) is 5.69 Å². The second kappa shape index (κ2) is 5.59. The van der Waals surface area contributed by atoms with E-state index in [1.165, 1.54) is 34.8 Å². The quantitative estimate of drug-likeness (QED) is 0.799. The highest BCUT2D eigenvalue weighted by atomic mass is 79.9. The largest absolute Gasteiger partial charge is 0.488 e. The summed E-state index contributed by atoms with van der Waals surface area (Å²) in [6.45, 7) is 0.457. The minimum atomic E-state index is -3.73. The van der Waals surface area contributed by atoms with Crippen molar-refractivity contribution < 1.29 is 13.2 Å². The topological polar surface area (TPSA) is 83.3 Å². The van der Waals surface area contributed by atoms with Crippen molar-refractivity contribution in [2.24, 2.45) is 0 Å². The molecule has 0 N–H and O–H groups in total. The molecule has 1 aromatic carbocycles. The first-order valence-electron chi connectivity index (χ1n) is 6.33. The van der Waals surface area contributed by atoms with Gasteiger partial charge in [-0.3, -0.25) is 9.29 Å². The zero-order chi connectivity index (χ0) is 15.7. The van der Waals surface area contributed by atoms with E-state index in [4.69, 9.17) is 10.00 Å². The molecule has 22 heavy (non-hydrogen) atoms. The lowest BCUT2D eigenvalue weighted by molar-refractivity contribution is 0.313. The van der Waals surface area contributed by atoms with Crippen LogP contribution in [0.15, 0.2) is 46.0 Å². The highest BCUT2D eigenvalue weighted by Gasteiger charge is 2.31. The Morgan fingerprint density at radius 1 is 1.27 bits per heavy atom. The summed E-state index contributed by atoms with van der Waals surface area (Å²) in [6.07, 6.45) is 3.01. The molecule has 3 rings (SSSR count). The van der Waals surface area contributed by atoms with Gasteiger partial charge in [-0.2, -0.15) is 5.26 Å². The van der Waals surface area contributed by atoms with E-state index in [0.29, 0.717) is 21.5 Å². The third-order valence-corrected chi connectivity index (χ3v) is 5.61. The number of rotatable bonds is 2. The molecule has 0 spiro atoms. The van der Waals surface area contributed by atoms with E-state index >= 15 is 0 Å². The molecule has 0 amide bonds. The van der Waals surface area contributed by atoms with Crippen molar-refractivity contribution in [3.63, 3.8) is 0 Å². The lowest BCUT2D eigenvalue weighted by Gasteiger charge is -2.30. The third kappa shape index (κ3) is 2.42. The number of ether oxygens (including phenoxy) is 1. The Morgan fingerprint density at radius 3 is 2.68 bits per heavy atom. The smallest absolute Gasteiger partial charge is 0.264 e. The normalized spacial score (nSPS) is 13.9. The van der Waals surface area contributed by atoms with Gasteiger partial charge in [0, 0.05) is 6.20 Å². The molecule has 0 bridgehead atoms. The summed E-state index contributed by atoms with van der Waals surface area (Å²) in [4.78, 5) is 4.13. The van der Waals surface area contributed by atoms with Crippen molar-refractivity contribution >= 4 is 31.6 Å². The van der Waals surface area contributed by atoms with Crippen LogP contribution >= 0.6 is 15.9 Å². The molecule has 1 aliphatic rings. The van der Waals surface area contributed by atoms with E-state index in [9.17, 15) is 8.42 Å². The number of benzene rings is 1. The van der Waals surface area contributed by atoms with Crippen molar-refractivity contribution in [3.05, 3.63) is 46.7 Å². The van der Waals surface area contributed by atoms with Gasteiger partial charge in [-0.1, -0.05) is 0 Å². The Balaban J connectivity index is 2.07. The maximum Gasteiger partial charge on any atom is 0.264 e. The molecule has 2 heterocycles. The second-order valence-electron chi connectivity index (χ2n) is 4.53. The van der Waals surface area contributed by atoms with Crippen molar-refractivity contribution in [1.82, 2.24) is 4.98 Å². The van der Waals surface area contributed by atoms with Crippen LogP contribution in [0.3, 0.4) is 0 Å². The van der Waals surface area contributed by atoms with E-state index in [2.05, 4.69) is 20.9 Å². The molecule has 0 radical (unpaired) electrons. The van der Waals surface area contributed by atoms with Crippen LogP contribution in [0.1, 0.15) is 5.56 Å². The molecular weight excluding hydrogens is 370 g/mol. The Labute approximate surface area is 136 Å². The first-order valence-corrected chi connectivity index (χ1v) is 8.56. The fourth-order valence-corrected chi connectivity index (χ4v) is 4.04. The number of hydrogen-bond donors (Lipinski definition) is 0. The van der Waals surface area contributed by atoms with Gasteiger partial charge in [0.15, 0.2) is 5.75 Å². The van der Waals surface area contributed by atoms with Crippen LogP contribution in [-0.2, 0) is 10.0 Å². The molecular formula is C14H10BrN3O3S. The van der Waals surface area contributed by atoms with Crippen LogP contribution in [0.5, 0.6) is 5.75 Å². The van der Waals surface area contributed by atoms with Crippen LogP contribution in [0, 0.1) is 11.3 Å². The Bertz CT molecular complexity index is 860. The van der Waals surface area contributed by atoms with Gasteiger partial charge in [-0.15, -0.1) is 0 Å². The molecule has 2 aromatic rings. The Kier molecular flexibility index (Phi) is 3.76. The third-order valence-electron chi connectivity index (χ3n) is 3.22. The van der Waals surface area contributed by atoms with Gasteiger partial charge in [0.1, 0.15) is 12.3 Å². The van der Waals surface area contributed by atoms with E-state index in [1.807, 2.05) is 6.07 Å². The van der Waals surface area contributed by atoms with Gasteiger partial charge in [0.2, 0.25) is 0 Å². The molecule has 1 aromatic heterocycles. The number of aromatic nitrogens is 1. The van der Waals surface area contributed by atoms with Gasteiger partial charge in [-0.05, 0) is 40.2 Å². The number of halogens is 1. The number of nitrogens with zero attached hydrogens (tertiary/aromatic N) is 3. The van der Waals surface area contributed by atoms with Crippen molar-refractivity contribution in [1.29, 1.82) is 5.26 Å². The number of fused-ring (bicyclic) bond motifs is 1. The number of anilines is 1. The van der Waals surface area contributed by atoms with Gasteiger partial charge in [0.05, 0.1) is 33.7 Å². The van der Waals surface area contributed by atoms with E-state index in [-0.39, 0.29) is 18.0 Å². The molecule has 0 atom stereocenters. The first kappa shape index (κ1) is 14.8. The molecule has 0 unspecified atom stereocenters. The SMILES string of the molecule is N#Cc1ccc(S(=O)(=O)N2CCOc3c(Br)cncc32)cc1. The van der Waals surface area contributed by atoms with Crippen LogP contribution < -0.4 is 9.04 Å². The maximum absolute atomic E-state index is 12.8. The van der Waals surface area contributed by atoms with Crippen LogP contribution in [0.25, 0.3) is 0 Å². The average molecular weight is 380 g/mol. The molecule has 1 aliphatic heterocycles. The average Bonchev–Trinajstić information content (AvgIpc) is 2.55. The maximum atomic E-state index is 12.8. The van der Waals surface area contributed by atoms with Gasteiger partial charge < -0.3 is 4.74 Å². The molecule has 8 heteroatoms. The number of sulfonamides is 1. The van der Waals surface area contributed by atoms with Gasteiger partial charge in [0.25, 0.3) is 10.0 Å². The number of hydrogen-bond acceptors (Lipinski definition) is 5. The van der Waals surface area contributed by atoms with E-state index in [1.54, 1.807) is 6.20 Å². The highest BCUT2D eigenvalue weighted by Crippen LogP contribution is 2.39. The Hall–Kier alpha value is -2.11. The zero-order valence-electron chi connectivity index (χ0n) is 11.2. The molecule has 0 saturated heterocycles. The predicted octanol–water partition coefficient (Wildman–Crippen LogP) is 2.30. The van der Waals surface area contributed by atoms with E-state index < -0.39 is 10.0 Å². The molecule has 0 saturated carbocycles. The standard InChI is InChI=1S/C14H10BrN3O3S/c15-12-8-17-9-13-14(12)21-6-5-18(13)22(19,20)11-3-1-10(7-16)2-4-11/h1-4,8-9H,5-6H2. The lowest BCUT2D eigenvalue weighted by Crippen LogP contribution is -2.38. The summed E-state index contributed by atoms with van der Waals surface area (Å²) >= 11 is 3.31. The van der Waals surface area contributed by atoms with Crippen molar-refractivity contribution in [2.45, 2.75) is 4.90 Å².